The first-order chi connectivity index (χ1) is 12.8. The minimum atomic E-state index is -0.204. The number of hydrogen-bond acceptors (Lipinski definition) is 6. The Balaban J connectivity index is 1.69. The molecule has 1 amide bonds. The van der Waals surface area contributed by atoms with Crippen LogP contribution in [0.3, 0.4) is 0 Å². The minimum Gasteiger partial charge on any atom is -0.334 e. The van der Waals surface area contributed by atoms with Gasteiger partial charge in [0.05, 0.1) is 22.2 Å². The molecular formula is C17H20ClN7OS. The van der Waals surface area contributed by atoms with Gasteiger partial charge in [0.15, 0.2) is 0 Å². The number of nitrogens with one attached hydrogen (secondary N) is 1. The molecule has 0 aliphatic rings. The molecule has 8 nitrogen and oxygen atoms in total. The molecule has 2 heterocycles. The van der Waals surface area contributed by atoms with Crippen molar-refractivity contribution in [2.24, 2.45) is 0 Å². The largest absolute Gasteiger partial charge is 0.334 e. The molecule has 142 valence electrons. The Morgan fingerprint density at radius 2 is 1.96 bits per heavy atom. The number of nitrogens with zero attached hydrogens (tertiary/aromatic N) is 5. The Morgan fingerprint density at radius 3 is 2.59 bits per heavy atom. The van der Waals surface area contributed by atoms with Gasteiger partial charge in [0.1, 0.15) is 0 Å². The number of thioether (sulfide) groups is 1. The molecule has 0 aliphatic heterocycles. The highest BCUT2D eigenvalue weighted by Gasteiger charge is 2.17. The summed E-state index contributed by atoms with van der Waals surface area (Å²) < 4.78 is 2.93. The molecule has 0 bridgehead atoms. The number of aryl methyl sites for hydroxylation is 4. The first-order valence-corrected chi connectivity index (χ1v) is 9.56. The molecule has 3 rings (SSSR count). The second-order valence-electron chi connectivity index (χ2n) is 6.27. The molecule has 0 saturated heterocycles. The first kappa shape index (κ1) is 19.2. The number of nitrogens with two attached hydrogens (primary N) is 1. The molecule has 0 radical (unpaired) electrons. The van der Waals surface area contributed by atoms with E-state index < -0.39 is 0 Å². The molecule has 0 fully saturated rings. The fourth-order valence-electron chi connectivity index (χ4n) is 2.72. The molecule has 3 N–H and O–H groups in total. The number of carbonyl (C=O) groups is 1. The molecule has 10 heteroatoms. The summed E-state index contributed by atoms with van der Waals surface area (Å²) in [5.74, 6) is 6.38. The highest BCUT2D eigenvalue weighted by atomic mass is 35.5. The highest BCUT2D eigenvalue weighted by Crippen LogP contribution is 2.27. The van der Waals surface area contributed by atoms with E-state index in [1.807, 2.05) is 45.9 Å². The lowest BCUT2D eigenvalue weighted by atomic mass is 10.1. The third-order valence-electron chi connectivity index (χ3n) is 3.87. The average molecular weight is 406 g/mol. The third-order valence-corrected chi connectivity index (χ3v) is 5.12. The summed E-state index contributed by atoms with van der Waals surface area (Å²) in [5, 5.41) is 16.2. The quantitative estimate of drug-likeness (QED) is 0.499. The Labute approximate surface area is 166 Å². The lowest BCUT2D eigenvalue weighted by Crippen LogP contribution is -2.19. The van der Waals surface area contributed by atoms with Crippen molar-refractivity contribution in [3.63, 3.8) is 0 Å². The van der Waals surface area contributed by atoms with Crippen molar-refractivity contribution in [2.75, 3.05) is 16.9 Å². The second kappa shape index (κ2) is 7.61. The van der Waals surface area contributed by atoms with Crippen LogP contribution in [0.25, 0.3) is 5.95 Å². The smallest absolute Gasteiger partial charge is 0.271 e. The summed E-state index contributed by atoms with van der Waals surface area (Å²) in [4.78, 5) is 12.3. The maximum Gasteiger partial charge on any atom is 0.271 e. The monoisotopic (exact) mass is 405 g/mol. The van der Waals surface area contributed by atoms with Gasteiger partial charge in [0, 0.05) is 5.69 Å². The van der Waals surface area contributed by atoms with E-state index >= 15 is 0 Å². The summed E-state index contributed by atoms with van der Waals surface area (Å²) in [7, 11) is 0. The molecule has 0 spiro atoms. The number of hydrogen-bond donors (Lipinski definition) is 2. The van der Waals surface area contributed by atoms with Gasteiger partial charge >= 0.3 is 0 Å². The molecule has 3 aromatic rings. The molecule has 0 atom stereocenters. The maximum atomic E-state index is 12.3. The zero-order chi connectivity index (χ0) is 19.7. The van der Waals surface area contributed by atoms with E-state index in [9.17, 15) is 4.79 Å². The number of anilines is 1. The molecular weight excluding hydrogens is 386 g/mol. The van der Waals surface area contributed by atoms with E-state index in [4.69, 9.17) is 17.4 Å². The van der Waals surface area contributed by atoms with Crippen LogP contribution >= 0.6 is 23.4 Å². The van der Waals surface area contributed by atoms with Crippen LogP contribution in [0, 0.1) is 27.7 Å². The van der Waals surface area contributed by atoms with Gasteiger partial charge in [0.2, 0.25) is 11.1 Å². The van der Waals surface area contributed by atoms with Gasteiger partial charge in [-0.25, -0.2) is 9.36 Å². The van der Waals surface area contributed by atoms with Crippen LogP contribution in [-0.2, 0) is 4.79 Å². The van der Waals surface area contributed by atoms with Crippen LogP contribution in [0.15, 0.2) is 23.4 Å². The van der Waals surface area contributed by atoms with Crippen molar-refractivity contribution in [2.45, 2.75) is 32.9 Å². The summed E-state index contributed by atoms with van der Waals surface area (Å²) in [6, 6.07) is 5.70. The number of rotatable bonds is 5. The second-order valence-corrected chi connectivity index (χ2v) is 7.62. The summed E-state index contributed by atoms with van der Waals surface area (Å²) in [5.41, 5.74) is 4.31. The van der Waals surface area contributed by atoms with E-state index in [1.54, 1.807) is 4.68 Å². The fraction of sp³-hybridized carbons (Fsp3) is 0.294. The van der Waals surface area contributed by atoms with Crippen molar-refractivity contribution >= 4 is 35.0 Å². The van der Waals surface area contributed by atoms with Crippen molar-refractivity contribution in [3.8, 4) is 5.95 Å². The zero-order valence-electron chi connectivity index (χ0n) is 15.4. The minimum absolute atomic E-state index is 0.121. The predicted octanol–water partition coefficient (Wildman–Crippen LogP) is 2.80. The standard InChI is InChI=1S/C17H20ClN7OS/c1-9-5-10(2)15(13(18)6-9)20-14(26)8-27-17-22-21-16(24(17)19)25-12(4)7-11(3)23-25/h5-7H,8,19H2,1-4H3,(H,20,26). The molecule has 0 saturated carbocycles. The molecule has 27 heavy (non-hydrogen) atoms. The van der Waals surface area contributed by atoms with Gasteiger partial charge in [-0.3, -0.25) is 4.79 Å². The zero-order valence-corrected chi connectivity index (χ0v) is 17.0. The number of amides is 1. The average Bonchev–Trinajstić information content (AvgIpc) is 3.10. The number of nitrogen functional groups attached to an aromatic ring is 1. The van der Waals surface area contributed by atoms with Gasteiger partial charge < -0.3 is 11.2 Å². The fourth-order valence-corrected chi connectivity index (χ4v) is 3.74. The normalized spacial score (nSPS) is 11.0. The van der Waals surface area contributed by atoms with Crippen LogP contribution in [-0.4, -0.2) is 36.3 Å². The summed E-state index contributed by atoms with van der Waals surface area (Å²) in [6.45, 7) is 7.65. The van der Waals surface area contributed by atoms with E-state index in [0.717, 1.165) is 22.5 Å². The van der Waals surface area contributed by atoms with Crippen LogP contribution in [0.2, 0.25) is 5.02 Å². The number of aromatic nitrogens is 5. The number of benzene rings is 1. The van der Waals surface area contributed by atoms with Gasteiger partial charge in [-0.2, -0.15) is 5.10 Å². The number of halogens is 1. The molecule has 0 aliphatic carbocycles. The lowest BCUT2D eigenvalue weighted by Gasteiger charge is -2.11. The molecule has 1 aromatic carbocycles. The Hall–Kier alpha value is -2.52. The first-order valence-electron chi connectivity index (χ1n) is 8.19. The van der Waals surface area contributed by atoms with Crippen molar-refractivity contribution in [1.82, 2.24) is 24.7 Å². The van der Waals surface area contributed by atoms with E-state index in [1.165, 1.54) is 16.4 Å². The van der Waals surface area contributed by atoms with Crippen molar-refractivity contribution in [3.05, 3.63) is 45.7 Å². The van der Waals surface area contributed by atoms with Crippen molar-refractivity contribution in [1.29, 1.82) is 0 Å². The highest BCUT2D eigenvalue weighted by molar-refractivity contribution is 7.99. The number of carbonyl (C=O) groups excluding carboxylic acids is 1. The molecule has 2 aromatic heterocycles. The Bertz CT molecular complexity index is 988. The van der Waals surface area contributed by atoms with Gasteiger partial charge in [-0.1, -0.05) is 29.4 Å². The van der Waals surface area contributed by atoms with Crippen LogP contribution < -0.4 is 11.2 Å². The Kier molecular flexibility index (Phi) is 5.43. The third kappa shape index (κ3) is 4.09. The maximum absolute atomic E-state index is 12.3. The van der Waals surface area contributed by atoms with Crippen LogP contribution in [0.5, 0.6) is 0 Å². The van der Waals surface area contributed by atoms with Gasteiger partial charge in [-0.15, -0.1) is 10.2 Å². The summed E-state index contributed by atoms with van der Waals surface area (Å²) >= 11 is 7.42. The Morgan fingerprint density at radius 1 is 1.22 bits per heavy atom. The lowest BCUT2D eigenvalue weighted by molar-refractivity contribution is -0.113. The van der Waals surface area contributed by atoms with E-state index in [0.29, 0.717) is 21.8 Å². The van der Waals surface area contributed by atoms with E-state index in [-0.39, 0.29) is 11.7 Å². The van der Waals surface area contributed by atoms with E-state index in [2.05, 4.69) is 20.6 Å². The van der Waals surface area contributed by atoms with Gasteiger partial charge in [-0.05, 0) is 51.0 Å². The topological polar surface area (TPSA) is 104 Å². The molecule has 0 unspecified atom stereocenters. The van der Waals surface area contributed by atoms with Gasteiger partial charge in [0.25, 0.3) is 5.95 Å². The van der Waals surface area contributed by atoms with Crippen LogP contribution in [0.4, 0.5) is 5.69 Å². The van der Waals surface area contributed by atoms with Crippen LogP contribution in [0.1, 0.15) is 22.5 Å². The predicted molar refractivity (Wildman–Crippen MR) is 107 cm³/mol. The van der Waals surface area contributed by atoms with Crippen molar-refractivity contribution < 1.29 is 4.79 Å². The SMILES string of the molecule is Cc1cc(C)c(NC(=O)CSc2nnc(-n3nc(C)cc3C)n2N)c(Cl)c1. The summed E-state index contributed by atoms with van der Waals surface area (Å²) in [6.07, 6.45) is 0.